The Morgan fingerprint density at radius 2 is 1.75 bits per heavy atom. The normalized spacial score (nSPS) is 12.3. The Morgan fingerprint density at radius 3 is 2.46 bits per heavy atom. The number of anilines is 2. The topological polar surface area (TPSA) is 58.2 Å². The molecule has 0 bridgehead atoms. The minimum atomic E-state index is -1.13. The van der Waals surface area contributed by atoms with Crippen LogP contribution in [0.25, 0.3) is 10.1 Å². The Kier molecular flexibility index (Phi) is 4.97. The lowest BCUT2D eigenvalue weighted by atomic mass is 10.2. The van der Waals surface area contributed by atoms with E-state index in [1.54, 1.807) is 35.6 Å². The fourth-order valence-electron chi connectivity index (χ4n) is 2.16. The molecular weight excluding hydrogens is 340 g/mol. The lowest BCUT2D eigenvalue weighted by Gasteiger charge is -2.10. The lowest BCUT2D eigenvalue weighted by Crippen LogP contribution is -2.15. The predicted molar refractivity (Wildman–Crippen MR) is 103 cm³/mol. The summed E-state index contributed by atoms with van der Waals surface area (Å²) in [6.45, 7) is 3.77. The maximum atomic E-state index is 12.3. The van der Waals surface area contributed by atoms with Gasteiger partial charge < -0.3 is 10.0 Å². The average molecular weight is 358 g/mol. The number of nitrogens with one attached hydrogen (secondary N) is 2. The fourth-order valence-corrected chi connectivity index (χ4v) is 3.59. The molecule has 1 heterocycles. The molecule has 0 radical (unpaired) electrons. The van der Waals surface area contributed by atoms with Gasteiger partial charge in [-0.25, -0.2) is 4.21 Å². The Bertz CT molecular complexity index is 885. The van der Waals surface area contributed by atoms with Crippen molar-refractivity contribution < 1.29 is 9.00 Å². The number of hydrogen-bond acceptors (Lipinski definition) is 3. The Morgan fingerprint density at radius 1 is 1.04 bits per heavy atom. The molecule has 1 unspecified atom stereocenters. The Hall–Kier alpha value is -2.18. The number of fused-ring (bicyclic) bond motifs is 1. The van der Waals surface area contributed by atoms with Crippen LogP contribution >= 0.6 is 11.3 Å². The van der Waals surface area contributed by atoms with Gasteiger partial charge in [-0.2, -0.15) is 0 Å². The molecule has 4 nitrogen and oxygen atoms in total. The van der Waals surface area contributed by atoms with Crippen molar-refractivity contribution in [1.29, 1.82) is 0 Å². The monoisotopic (exact) mass is 358 g/mol. The molecule has 1 atom stereocenters. The lowest BCUT2D eigenvalue weighted by molar-refractivity contribution is 0.102. The van der Waals surface area contributed by atoms with Crippen LogP contribution in [0.5, 0.6) is 0 Å². The molecule has 2 aromatic carbocycles. The van der Waals surface area contributed by atoms with Crippen molar-refractivity contribution in [3.8, 4) is 0 Å². The molecule has 0 saturated carbocycles. The molecule has 0 aliphatic rings. The molecule has 124 valence electrons. The van der Waals surface area contributed by atoms with Gasteiger partial charge in [-0.05, 0) is 67.1 Å². The summed E-state index contributed by atoms with van der Waals surface area (Å²) in [5.41, 5.74) is 2.07. The smallest absolute Gasteiger partial charge is 0.255 e. The van der Waals surface area contributed by atoms with Crippen molar-refractivity contribution in [3.63, 3.8) is 0 Å². The van der Waals surface area contributed by atoms with Crippen LogP contribution in [-0.4, -0.2) is 15.4 Å². The molecule has 1 aromatic heterocycles. The van der Waals surface area contributed by atoms with E-state index in [1.807, 2.05) is 37.4 Å². The maximum Gasteiger partial charge on any atom is 0.255 e. The van der Waals surface area contributed by atoms with Crippen LogP contribution in [0.2, 0.25) is 0 Å². The van der Waals surface area contributed by atoms with Crippen LogP contribution in [0, 0.1) is 0 Å². The second-order valence-corrected chi connectivity index (χ2v) is 8.34. The summed E-state index contributed by atoms with van der Waals surface area (Å²) in [6, 6.07) is 14.9. The highest BCUT2D eigenvalue weighted by molar-refractivity contribution is 7.86. The van der Waals surface area contributed by atoms with Crippen molar-refractivity contribution in [2.75, 3.05) is 10.0 Å². The Balaban J connectivity index is 1.69. The van der Waals surface area contributed by atoms with Crippen molar-refractivity contribution in [3.05, 3.63) is 59.5 Å². The minimum absolute atomic E-state index is 0.0279. The molecule has 2 N–H and O–H groups in total. The zero-order valence-corrected chi connectivity index (χ0v) is 15.0. The van der Waals surface area contributed by atoms with Gasteiger partial charge >= 0.3 is 0 Å². The number of carbonyl (C=O) groups excluding carboxylic acids is 1. The van der Waals surface area contributed by atoms with Gasteiger partial charge in [-0.1, -0.05) is 6.07 Å². The number of amides is 1. The summed E-state index contributed by atoms with van der Waals surface area (Å²) in [5, 5.41) is 6.14. The summed E-state index contributed by atoms with van der Waals surface area (Å²) in [6.07, 6.45) is 0. The van der Waals surface area contributed by atoms with Crippen LogP contribution in [0.1, 0.15) is 24.2 Å². The quantitative estimate of drug-likeness (QED) is 0.698. The standard InChI is InChI=1S/C18H18N2O2S2/c1-12(2)24(22)20-15-6-4-14(5-7-15)18(21)19-16-8-3-13-9-10-23-17(13)11-16/h3-12,20H,1-2H3,(H,19,21). The van der Waals surface area contributed by atoms with Crippen LogP contribution in [0.4, 0.5) is 11.4 Å². The number of rotatable bonds is 5. The van der Waals surface area contributed by atoms with Gasteiger partial charge in [0.1, 0.15) is 11.0 Å². The molecule has 0 saturated heterocycles. The SMILES string of the molecule is CC(C)S(=O)Nc1ccc(C(=O)Nc2ccc3ccsc3c2)cc1. The third-order valence-electron chi connectivity index (χ3n) is 3.51. The molecule has 0 spiro atoms. The van der Waals surface area contributed by atoms with E-state index in [4.69, 9.17) is 0 Å². The molecule has 3 aromatic rings. The number of thiophene rings is 1. The Labute approximate surface area is 147 Å². The number of benzene rings is 2. The maximum absolute atomic E-state index is 12.3. The molecule has 1 amide bonds. The van der Waals surface area contributed by atoms with Crippen molar-refractivity contribution in [2.45, 2.75) is 19.1 Å². The average Bonchev–Trinajstić information content (AvgIpc) is 3.03. The number of carbonyl (C=O) groups is 1. The first kappa shape index (κ1) is 16.7. The van der Waals surface area contributed by atoms with Crippen LogP contribution < -0.4 is 10.0 Å². The highest BCUT2D eigenvalue weighted by Gasteiger charge is 2.09. The van der Waals surface area contributed by atoms with E-state index in [0.717, 1.165) is 16.1 Å². The minimum Gasteiger partial charge on any atom is -0.322 e. The van der Waals surface area contributed by atoms with Gasteiger partial charge in [0.15, 0.2) is 0 Å². The van der Waals surface area contributed by atoms with Crippen molar-refractivity contribution in [2.24, 2.45) is 0 Å². The summed E-state index contributed by atoms with van der Waals surface area (Å²) < 4.78 is 15.8. The molecule has 6 heteroatoms. The van der Waals surface area contributed by atoms with E-state index >= 15 is 0 Å². The zero-order chi connectivity index (χ0) is 17.1. The largest absolute Gasteiger partial charge is 0.322 e. The van der Waals surface area contributed by atoms with E-state index in [2.05, 4.69) is 16.1 Å². The van der Waals surface area contributed by atoms with Crippen molar-refractivity contribution >= 4 is 49.7 Å². The van der Waals surface area contributed by atoms with E-state index < -0.39 is 11.0 Å². The van der Waals surface area contributed by atoms with Crippen LogP contribution in [0.3, 0.4) is 0 Å². The van der Waals surface area contributed by atoms with E-state index in [9.17, 15) is 9.00 Å². The third kappa shape index (κ3) is 3.83. The molecule has 0 aliphatic heterocycles. The first-order chi connectivity index (χ1) is 11.5. The van der Waals surface area contributed by atoms with Gasteiger partial charge in [0.05, 0.1) is 0 Å². The number of hydrogen-bond donors (Lipinski definition) is 2. The van der Waals surface area contributed by atoms with E-state index in [1.165, 1.54) is 5.39 Å². The van der Waals surface area contributed by atoms with Gasteiger partial charge in [-0.15, -0.1) is 11.3 Å². The first-order valence-electron chi connectivity index (χ1n) is 7.59. The van der Waals surface area contributed by atoms with Crippen LogP contribution in [-0.2, 0) is 11.0 Å². The summed E-state index contributed by atoms with van der Waals surface area (Å²) in [4.78, 5) is 12.3. The van der Waals surface area contributed by atoms with Gasteiger partial charge in [0.25, 0.3) is 5.91 Å². The molecular formula is C18H18N2O2S2. The van der Waals surface area contributed by atoms with E-state index in [-0.39, 0.29) is 11.2 Å². The second-order valence-electron chi connectivity index (χ2n) is 5.65. The predicted octanol–water partition coefficient (Wildman–Crippen LogP) is 4.64. The zero-order valence-electron chi connectivity index (χ0n) is 13.4. The summed E-state index contributed by atoms with van der Waals surface area (Å²) in [5.74, 6) is -0.164. The fraction of sp³-hybridized carbons (Fsp3) is 0.167. The van der Waals surface area contributed by atoms with Crippen molar-refractivity contribution in [1.82, 2.24) is 0 Å². The first-order valence-corrected chi connectivity index (χ1v) is 9.68. The molecule has 0 aliphatic carbocycles. The molecule has 3 rings (SSSR count). The third-order valence-corrected chi connectivity index (χ3v) is 5.68. The van der Waals surface area contributed by atoms with Gasteiger partial charge in [-0.3, -0.25) is 4.79 Å². The van der Waals surface area contributed by atoms with Gasteiger partial charge in [0.2, 0.25) is 0 Å². The molecule has 0 fully saturated rings. The van der Waals surface area contributed by atoms with E-state index in [0.29, 0.717) is 5.56 Å². The summed E-state index contributed by atoms with van der Waals surface area (Å²) in [7, 11) is -1.13. The van der Waals surface area contributed by atoms with Crippen LogP contribution in [0.15, 0.2) is 53.9 Å². The molecule has 24 heavy (non-hydrogen) atoms. The highest BCUT2D eigenvalue weighted by atomic mass is 32.2. The summed E-state index contributed by atoms with van der Waals surface area (Å²) >= 11 is 1.65. The second kappa shape index (κ2) is 7.15. The highest BCUT2D eigenvalue weighted by Crippen LogP contribution is 2.24. The van der Waals surface area contributed by atoms with Gasteiger partial charge in [0, 0.05) is 26.9 Å².